The molecule has 0 spiro atoms. The molecule has 1 fully saturated rings. The third-order valence-electron chi connectivity index (χ3n) is 4.70. The first-order chi connectivity index (χ1) is 16.7. The average Bonchev–Trinajstić information content (AvgIpc) is 3.29. The van der Waals surface area contributed by atoms with E-state index in [1.807, 2.05) is 78.9 Å². The molecule has 1 aliphatic heterocycles. The molecule has 1 N–H and O–H groups in total. The van der Waals surface area contributed by atoms with Crippen molar-refractivity contribution in [1.29, 1.82) is 0 Å². The number of carbonyl (C=O) groups is 1. The molecule has 0 saturated carbocycles. The van der Waals surface area contributed by atoms with Gasteiger partial charge in [-0.2, -0.15) is 5.10 Å². The molecule has 8 heteroatoms. The Labute approximate surface area is 202 Å². The van der Waals surface area contributed by atoms with Crippen LogP contribution in [0.2, 0.25) is 0 Å². The van der Waals surface area contributed by atoms with E-state index in [-0.39, 0.29) is 5.91 Å². The van der Waals surface area contributed by atoms with Gasteiger partial charge in [0.1, 0.15) is 23.9 Å². The quantitative estimate of drug-likeness (QED) is 0.248. The maximum absolute atomic E-state index is 11.1. The van der Waals surface area contributed by atoms with E-state index in [0.717, 1.165) is 34.8 Å². The number of amidine groups is 1. The zero-order valence-corrected chi connectivity index (χ0v) is 19.4. The van der Waals surface area contributed by atoms with Crippen molar-refractivity contribution < 1.29 is 19.0 Å². The highest BCUT2D eigenvalue weighted by Crippen LogP contribution is 2.19. The lowest BCUT2D eigenvalue weighted by Crippen LogP contribution is -2.19. The van der Waals surface area contributed by atoms with E-state index in [4.69, 9.17) is 14.2 Å². The topological polar surface area (TPSA) is 81.5 Å². The molecule has 0 aliphatic carbocycles. The van der Waals surface area contributed by atoms with E-state index >= 15 is 0 Å². The lowest BCUT2D eigenvalue weighted by atomic mass is 10.2. The first kappa shape index (κ1) is 23.4. The Bertz CT molecular complexity index is 1130. The Kier molecular flexibility index (Phi) is 8.57. The molecule has 174 valence electrons. The molecule has 0 unspecified atom stereocenters. The van der Waals surface area contributed by atoms with Crippen LogP contribution in [0.3, 0.4) is 0 Å². The maximum atomic E-state index is 11.1. The van der Waals surface area contributed by atoms with Gasteiger partial charge in [-0.1, -0.05) is 54.2 Å². The van der Waals surface area contributed by atoms with Gasteiger partial charge in [-0.15, -0.1) is 5.10 Å². The zero-order chi connectivity index (χ0) is 23.4. The number of rotatable bonds is 11. The number of hydrogen-bond donors (Lipinski definition) is 1. The number of thioether (sulfide) groups is 1. The third-order valence-corrected chi connectivity index (χ3v) is 5.56. The molecule has 0 aromatic heterocycles. The summed E-state index contributed by atoms with van der Waals surface area (Å²) in [6.45, 7) is 1.62. The minimum Gasteiger partial charge on any atom is -0.493 e. The van der Waals surface area contributed by atoms with Crippen LogP contribution in [0, 0.1) is 0 Å². The summed E-state index contributed by atoms with van der Waals surface area (Å²) < 4.78 is 17.4. The van der Waals surface area contributed by atoms with Gasteiger partial charge in [-0.05, 0) is 47.5 Å². The van der Waals surface area contributed by atoms with E-state index in [2.05, 4.69) is 15.5 Å². The smallest absolute Gasteiger partial charge is 0.236 e. The van der Waals surface area contributed by atoms with Crippen molar-refractivity contribution >= 4 is 29.1 Å². The monoisotopic (exact) mass is 475 g/mol. The van der Waals surface area contributed by atoms with Crippen molar-refractivity contribution in [3.63, 3.8) is 0 Å². The van der Waals surface area contributed by atoms with Crippen LogP contribution in [0.15, 0.2) is 89.1 Å². The SMILES string of the molecule is O=C1CSC(=NN=Cc2cccc(OCCCOc3ccc(OCc4ccccc4)cc3)c2)N1. The third kappa shape index (κ3) is 7.67. The first-order valence-corrected chi connectivity index (χ1v) is 11.9. The van der Waals surface area contributed by atoms with Gasteiger partial charge < -0.3 is 19.5 Å². The van der Waals surface area contributed by atoms with Gasteiger partial charge in [0.05, 0.1) is 25.2 Å². The molecule has 4 rings (SSSR count). The van der Waals surface area contributed by atoms with E-state index < -0.39 is 0 Å². The Morgan fingerprint density at radius 2 is 1.59 bits per heavy atom. The van der Waals surface area contributed by atoms with Gasteiger partial charge >= 0.3 is 0 Å². The number of amides is 1. The van der Waals surface area contributed by atoms with E-state index in [9.17, 15) is 4.79 Å². The molecule has 1 aliphatic rings. The minimum absolute atomic E-state index is 0.0526. The molecule has 3 aromatic rings. The number of benzene rings is 3. The summed E-state index contributed by atoms with van der Waals surface area (Å²) >= 11 is 1.34. The van der Waals surface area contributed by atoms with E-state index in [1.165, 1.54) is 11.8 Å². The van der Waals surface area contributed by atoms with Crippen LogP contribution in [-0.2, 0) is 11.4 Å². The Balaban J connectivity index is 1.14. The molecule has 0 atom stereocenters. The molecule has 1 saturated heterocycles. The van der Waals surface area contributed by atoms with Crippen molar-refractivity contribution in [2.24, 2.45) is 10.2 Å². The second-order valence-electron chi connectivity index (χ2n) is 7.36. The highest BCUT2D eigenvalue weighted by atomic mass is 32.2. The van der Waals surface area contributed by atoms with E-state index in [1.54, 1.807) is 6.21 Å². The average molecular weight is 476 g/mol. The normalized spacial score (nSPS) is 14.4. The predicted molar refractivity (Wildman–Crippen MR) is 135 cm³/mol. The molecule has 34 heavy (non-hydrogen) atoms. The highest BCUT2D eigenvalue weighted by molar-refractivity contribution is 8.15. The second kappa shape index (κ2) is 12.5. The van der Waals surface area contributed by atoms with Gasteiger partial charge in [0.2, 0.25) is 5.91 Å². The van der Waals surface area contributed by atoms with Crippen LogP contribution in [-0.4, -0.2) is 36.3 Å². The number of nitrogens with one attached hydrogen (secondary N) is 1. The van der Waals surface area contributed by atoms with Crippen molar-refractivity contribution in [2.75, 3.05) is 19.0 Å². The number of carbonyl (C=O) groups excluding carboxylic acids is 1. The van der Waals surface area contributed by atoms with Crippen molar-refractivity contribution in [3.05, 3.63) is 90.0 Å². The lowest BCUT2D eigenvalue weighted by Gasteiger charge is -2.10. The van der Waals surface area contributed by atoms with Crippen LogP contribution in [0.1, 0.15) is 17.5 Å². The first-order valence-electron chi connectivity index (χ1n) is 10.9. The summed E-state index contributed by atoms with van der Waals surface area (Å²) in [6.07, 6.45) is 2.37. The van der Waals surface area contributed by atoms with Gasteiger partial charge in [0, 0.05) is 6.42 Å². The Morgan fingerprint density at radius 1 is 0.853 bits per heavy atom. The van der Waals surface area contributed by atoms with Crippen LogP contribution in [0.4, 0.5) is 0 Å². The molecule has 3 aromatic carbocycles. The van der Waals surface area contributed by atoms with Crippen molar-refractivity contribution in [3.8, 4) is 17.2 Å². The standard InChI is InChI=1S/C26H25N3O4S/c30-25-19-34-26(28-25)29-27-17-21-8-4-9-24(16-21)32-15-5-14-31-22-10-12-23(13-11-22)33-18-20-6-2-1-3-7-20/h1-4,6-13,16-17H,5,14-15,18-19H2,(H,28,29,30). The minimum atomic E-state index is -0.0526. The molecular formula is C26H25N3O4S. The van der Waals surface area contributed by atoms with Gasteiger partial charge in [0.15, 0.2) is 5.17 Å². The fourth-order valence-corrected chi connectivity index (χ4v) is 3.65. The number of ether oxygens (including phenoxy) is 3. The second-order valence-corrected chi connectivity index (χ2v) is 8.32. The largest absolute Gasteiger partial charge is 0.493 e. The predicted octanol–water partition coefficient (Wildman–Crippen LogP) is 4.67. The molecule has 1 amide bonds. The fourth-order valence-electron chi connectivity index (χ4n) is 3.02. The van der Waals surface area contributed by atoms with Crippen LogP contribution in [0.5, 0.6) is 17.2 Å². The van der Waals surface area contributed by atoms with E-state index in [0.29, 0.717) is 30.7 Å². The summed E-state index contributed by atoms with van der Waals surface area (Å²) in [5.41, 5.74) is 2.00. The maximum Gasteiger partial charge on any atom is 0.236 e. The summed E-state index contributed by atoms with van der Waals surface area (Å²) in [6, 6.07) is 25.3. The van der Waals surface area contributed by atoms with Gasteiger partial charge in [0.25, 0.3) is 0 Å². The lowest BCUT2D eigenvalue weighted by molar-refractivity contribution is -0.116. The van der Waals surface area contributed by atoms with Crippen LogP contribution in [0.25, 0.3) is 0 Å². The zero-order valence-electron chi connectivity index (χ0n) is 18.6. The molecule has 1 heterocycles. The molecule has 0 radical (unpaired) electrons. The van der Waals surface area contributed by atoms with Crippen molar-refractivity contribution in [2.45, 2.75) is 13.0 Å². The molecule has 0 bridgehead atoms. The summed E-state index contributed by atoms with van der Waals surface area (Å²) in [7, 11) is 0. The summed E-state index contributed by atoms with van der Waals surface area (Å²) in [5.74, 6) is 2.68. The summed E-state index contributed by atoms with van der Waals surface area (Å²) in [5, 5.41) is 11.2. The number of hydrogen-bond acceptors (Lipinski definition) is 7. The highest BCUT2D eigenvalue weighted by Gasteiger charge is 2.15. The van der Waals surface area contributed by atoms with Gasteiger partial charge in [-0.25, -0.2) is 0 Å². The summed E-state index contributed by atoms with van der Waals surface area (Å²) in [4.78, 5) is 11.1. The molecule has 7 nitrogen and oxygen atoms in total. The van der Waals surface area contributed by atoms with Gasteiger partial charge in [-0.3, -0.25) is 4.79 Å². The van der Waals surface area contributed by atoms with Crippen molar-refractivity contribution in [1.82, 2.24) is 5.32 Å². The Morgan fingerprint density at radius 3 is 2.32 bits per heavy atom. The number of nitrogens with zero attached hydrogens (tertiary/aromatic N) is 2. The fraction of sp³-hybridized carbons (Fsp3) is 0.192. The van der Waals surface area contributed by atoms with Crippen LogP contribution < -0.4 is 19.5 Å². The van der Waals surface area contributed by atoms with Crippen LogP contribution >= 0.6 is 11.8 Å². The molecular weight excluding hydrogens is 450 g/mol. The Hall–Kier alpha value is -3.78.